The first-order valence-corrected chi connectivity index (χ1v) is 7.04. The van der Waals surface area contributed by atoms with Gasteiger partial charge < -0.3 is 10.2 Å². The second kappa shape index (κ2) is 4.18. The van der Waals surface area contributed by atoms with E-state index in [-0.39, 0.29) is 23.1 Å². The lowest BCUT2D eigenvalue weighted by molar-refractivity contribution is 0.0746. The molecule has 5 nitrogen and oxygen atoms in total. The van der Waals surface area contributed by atoms with Crippen LogP contribution in [0.5, 0.6) is 11.5 Å². The molecule has 0 fully saturated rings. The number of ketones is 2. The first kappa shape index (κ1) is 13.0. The van der Waals surface area contributed by atoms with Crippen LogP contribution in [-0.4, -0.2) is 28.3 Å². The molecule has 2 aromatic carbocycles. The van der Waals surface area contributed by atoms with E-state index in [2.05, 4.69) is 5.32 Å². The molecule has 0 saturated heterocycles. The van der Waals surface area contributed by atoms with E-state index in [1.807, 2.05) is 0 Å². The molecule has 5 heteroatoms. The van der Waals surface area contributed by atoms with Gasteiger partial charge >= 0.3 is 0 Å². The first-order valence-electron chi connectivity index (χ1n) is 7.04. The summed E-state index contributed by atoms with van der Waals surface area (Å²) in [5.74, 6) is -1.19. The second-order valence-electron chi connectivity index (χ2n) is 5.63. The summed E-state index contributed by atoms with van der Waals surface area (Å²) in [6.45, 7) is 0.447. The minimum atomic E-state index is -1.48. The van der Waals surface area contributed by atoms with Crippen molar-refractivity contribution in [3.8, 4) is 11.5 Å². The highest BCUT2D eigenvalue weighted by Gasteiger charge is 2.56. The highest BCUT2D eigenvalue weighted by atomic mass is 16.3. The van der Waals surface area contributed by atoms with Crippen LogP contribution in [0.2, 0.25) is 0 Å². The number of carbonyl (C=O) groups is 2. The number of benzene rings is 2. The molecule has 2 aliphatic rings. The smallest absolute Gasteiger partial charge is 0.196 e. The third kappa shape index (κ3) is 1.41. The van der Waals surface area contributed by atoms with Gasteiger partial charge in [-0.3, -0.25) is 14.9 Å². The van der Waals surface area contributed by atoms with Gasteiger partial charge in [0.15, 0.2) is 28.6 Å². The number of hydrogen-bond acceptors (Lipinski definition) is 5. The molecule has 1 aliphatic carbocycles. The van der Waals surface area contributed by atoms with E-state index in [1.54, 1.807) is 24.3 Å². The van der Waals surface area contributed by atoms with E-state index < -0.39 is 5.54 Å². The van der Waals surface area contributed by atoms with Crippen LogP contribution in [0, 0.1) is 0 Å². The maximum atomic E-state index is 12.9. The van der Waals surface area contributed by atoms with Crippen LogP contribution in [0.1, 0.15) is 31.8 Å². The zero-order valence-electron chi connectivity index (χ0n) is 11.6. The lowest BCUT2D eigenvalue weighted by Gasteiger charge is -2.34. The van der Waals surface area contributed by atoms with Gasteiger partial charge in [0.1, 0.15) is 0 Å². The Labute approximate surface area is 126 Å². The van der Waals surface area contributed by atoms with Gasteiger partial charge in [-0.25, -0.2) is 0 Å². The number of aromatic hydroxyl groups is 2. The van der Waals surface area contributed by atoms with Crippen molar-refractivity contribution in [2.24, 2.45) is 0 Å². The second-order valence-corrected chi connectivity index (χ2v) is 5.63. The Bertz CT molecular complexity index is 806. The molecular formula is C17H13NO4. The van der Waals surface area contributed by atoms with Crippen LogP contribution in [0.15, 0.2) is 36.4 Å². The highest BCUT2D eigenvalue weighted by Crippen LogP contribution is 2.43. The zero-order chi connectivity index (χ0) is 15.5. The van der Waals surface area contributed by atoms with Crippen molar-refractivity contribution < 1.29 is 19.8 Å². The van der Waals surface area contributed by atoms with Crippen LogP contribution in [0.3, 0.4) is 0 Å². The third-order valence-corrected chi connectivity index (χ3v) is 4.49. The van der Waals surface area contributed by atoms with Crippen LogP contribution in [0.25, 0.3) is 0 Å². The van der Waals surface area contributed by atoms with Crippen molar-refractivity contribution in [3.63, 3.8) is 0 Å². The summed E-state index contributed by atoms with van der Waals surface area (Å²) in [6, 6.07) is 9.47. The molecule has 0 bridgehead atoms. The summed E-state index contributed by atoms with van der Waals surface area (Å²) in [5, 5.41) is 22.5. The maximum absolute atomic E-state index is 12.9. The lowest BCUT2D eigenvalue weighted by Crippen LogP contribution is -2.55. The monoisotopic (exact) mass is 295 g/mol. The van der Waals surface area contributed by atoms with Gasteiger partial charge in [-0.05, 0) is 29.7 Å². The van der Waals surface area contributed by atoms with Gasteiger partial charge in [-0.1, -0.05) is 24.3 Å². The largest absolute Gasteiger partial charge is 0.504 e. The number of Topliss-reactive ketones (excluding diaryl/α,β-unsaturated/α-hetero) is 2. The standard InChI is InChI=1S/C17H13NO4/c19-13-7-9-5-6-18-17(12(9)8-14(13)20)15(21)10-3-1-2-4-11(10)16(17)22/h1-4,7-8,18-20H,5-6H2. The predicted molar refractivity (Wildman–Crippen MR) is 78.3 cm³/mol. The normalized spacial score (nSPS) is 18.4. The number of carbonyl (C=O) groups excluding carboxylic acids is 2. The predicted octanol–water partition coefficient (Wildman–Crippen LogP) is 1.52. The Kier molecular flexibility index (Phi) is 2.47. The van der Waals surface area contributed by atoms with E-state index in [0.29, 0.717) is 35.2 Å². The van der Waals surface area contributed by atoms with E-state index in [1.165, 1.54) is 12.1 Å². The van der Waals surface area contributed by atoms with E-state index in [4.69, 9.17) is 0 Å². The Balaban J connectivity index is 2.01. The molecule has 1 aliphatic heterocycles. The average molecular weight is 295 g/mol. The number of nitrogens with one attached hydrogen (secondary N) is 1. The number of phenols is 2. The van der Waals surface area contributed by atoms with Crippen LogP contribution in [0.4, 0.5) is 0 Å². The molecule has 0 amide bonds. The van der Waals surface area contributed by atoms with E-state index >= 15 is 0 Å². The van der Waals surface area contributed by atoms with Gasteiger partial charge in [-0.2, -0.15) is 0 Å². The fraction of sp³-hybridized carbons (Fsp3) is 0.176. The summed E-state index contributed by atoms with van der Waals surface area (Å²) >= 11 is 0. The molecule has 22 heavy (non-hydrogen) atoms. The molecule has 4 rings (SSSR count). The molecule has 0 aromatic heterocycles. The van der Waals surface area contributed by atoms with Gasteiger partial charge in [0, 0.05) is 17.7 Å². The highest BCUT2D eigenvalue weighted by molar-refractivity contribution is 6.33. The molecule has 1 spiro atoms. The molecule has 0 radical (unpaired) electrons. The number of hydrogen-bond donors (Lipinski definition) is 3. The Hall–Kier alpha value is -2.66. The number of phenolic OH excluding ortho intramolecular Hbond substituents is 2. The van der Waals surface area contributed by atoms with Crippen molar-refractivity contribution in [1.29, 1.82) is 0 Å². The van der Waals surface area contributed by atoms with Crippen molar-refractivity contribution in [2.75, 3.05) is 6.54 Å². The summed E-state index contributed by atoms with van der Waals surface area (Å²) in [7, 11) is 0. The number of rotatable bonds is 0. The average Bonchev–Trinajstić information content (AvgIpc) is 2.73. The minimum absolute atomic E-state index is 0.244. The van der Waals surface area contributed by atoms with Gasteiger partial charge in [0.2, 0.25) is 0 Å². The van der Waals surface area contributed by atoms with E-state index in [0.717, 1.165) is 0 Å². The van der Waals surface area contributed by atoms with Gasteiger partial charge in [-0.15, -0.1) is 0 Å². The molecule has 0 unspecified atom stereocenters. The lowest BCUT2D eigenvalue weighted by atomic mass is 9.78. The summed E-state index contributed by atoms with van der Waals surface area (Å²) in [5.41, 5.74) is 0.423. The fourth-order valence-electron chi connectivity index (χ4n) is 3.45. The molecule has 110 valence electrons. The Morgan fingerprint density at radius 1 is 0.955 bits per heavy atom. The summed E-state index contributed by atoms with van der Waals surface area (Å²) in [4.78, 5) is 25.8. The van der Waals surface area contributed by atoms with Crippen molar-refractivity contribution in [2.45, 2.75) is 12.0 Å². The fourth-order valence-corrected chi connectivity index (χ4v) is 3.45. The third-order valence-electron chi connectivity index (χ3n) is 4.49. The van der Waals surface area contributed by atoms with Gasteiger partial charge in [0.25, 0.3) is 0 Å². The van der Waals surface area contributed by atoms with Gasteiger partial charge in [0.05, 0.1) is 0 Å². The molecule has 0 saturated carbocycles. The topological polar surface area (TPSA) is 86.6 Å². The maximum Gasteiger partial charge on any atom is 0.196 e. The molecule has 0 atom stereocenters. The zero-order valence-corrected chi connectivity index (χ0v) is 11.6. The Morgan fingerprint density at radius 2 is 1.55 bits per heavy atom. The van der Waals surface area contributed by atoms with Crippen LogP contribution in [-0.2, 0) is 12.0 Å². The first-order chi connectivity index (χ1) is 10.6. The SMILES string of the molecule is O=C1c2ccccc2C(=O)C12NCCc1cc(O)c(O)cc12. The molecule has 2 aromatic rings. The van der Waals surface area contributed by atoms with Crippen molar-refractivity contribution >= 4 is 11.6 Å². The van der Waals surface area contributed by atoms with E-state index in [9.17, 15) is 19.8 Å². The molecule has 1 heterocycles. The summed E-state index contributed by atoms with van der Waals surface area (Å²) < 4.78 is 0. The number of fused-ring (bicyclic) bond motifs is 3. The Morgan fingerprint density at radius 3 is 2.18 bits per heavy atom. The minimum Gasteiger partial charge on any atom is -0.504 e. The van der Waals surface area contributed by atoms with Crippen molar-refractivity contribution in [1.82, 2.24) is 5.32 Å². The molecule has 3 N–H and O–H groups in total. The van der Waals surface area contributed by atoms with Crippen LogP contribution >= 0.6 is 0 Å². The van der Waals surface area contributed by atoms with Crippen molar-refractivity contribution in [3.05, 3.63) is 58.7 Å². The molecular weight excluding hydrogens is 282 g/mol. The summed E-state index contributed by atoms with van der Waals surface area (Å²) in [6.07, 6.45) is 0.571. The van der Waals surface area contributed by atoms with Crippen LogP contribution < -0.4 is 5.32 Å². The quantitative estimate of drug-likeness (QED) is 0.507.